The number of nitrogens with zero attached hydrogens (tertiary/aromatic N) is 2. The number of amides is 3. The predicted octanol–water partition coefficient (Wildman–Crippen LogP) is 2.83. The highest BCUT2D eigenvalue weighted by atomic mass is 35.5. The molecule has 18 heavy (non-hydrogen) atoms. The van der Waals surface area contributed by atoms with Crippen molar-refractivity contribution in [3.05, 3.63) is 28.8 Å². The Morgan fingerprint density at radius 2 is 1.94 bits per heavy atom. The maximum absolute atomic E-state index is 12.1. The monoisotopic (exact) mass is 266 g/mol. The van der Waals surface area contributed by atoms with Gasteiger partial charge in [0.1, 0.15) is 6.54 Å². The first kappa shape index (κ1) is 12.9. The zero-order valence-corrected chi connectivity index (χ0v) is 11.4. The normalized spacial score (nSPS) is 16.1. The predicted molar refractivity (Wildman–Crippen MR) is 70.9 cm³/mol. The largest absolute Gasteiger partial charge is 0.332 e. The quantitative estimate of drug-likeness (QED) is 0.773. The van der Waals surface area contributed by atoms with Crippen LogP contribution in [0.5, 0.6) is 0 Å². The molecule has 0 saturated carbocycles. The van der Waals surface area contributed by atoms with E-state index in [0.717, 1.165) is 5.56 Å². The highest BCUT2D eigenvalue weighted by Crippen LogP contribution is 2.27. The van der Waals surface area contributed by atoms with E-state index in [1.165, 1.54) is 9.80 Å². The van der Waals surface area contributed by atoms with Gasteiger partial charge in [-0.25, -0.2) is 9.69 Å². The second-order valence-electron chi connectivity index (χ2n) is 4.67. The van der Waals surface area contributed by atoms with Crippen molar-refractivity contribution in [2.75, 3.05) is 11.4 Å². The second kappa shape index (κ2) is 4.61. The average molecular weight is 267 g/mol. The van der Waals surface area contributed by atoms with E-state index in [1.807, 2.05) is 20.8 Å². The van der Waals surface area contributed by atoms with Crippen LogP contribution in [0.25, 0.3) is 0 Å². The van der Waals surface area contributed by atoms with Gasteiger partial charge in [0.25, 0.3) is 5.91 Å². The van der Waals surface area contributed by atoms with Crippen LogP contribution in [-0.2, 0) is 4.79 Å². The lowest BCUT2D eigenvalue weighted by molar-refractivity contribution is -0.116. The van der Waals surface area contributed by atoms with Gasteiger partial charge in [0.15, 0.2) is 0 Å². The molecule has 0 atom stereocenters. The number of carbonyl (C=O) groups is 2. The standard InChI is InChI=1S/C13H15ClN2O2/c1-8(2)15-7-12(17)16(13(15)18)10-5-4-9(3)11(14)6-10/h4-6,8H,7H2,1-3H3. The minimum absolute atomic E-state index is 0.00682. The van der Waals surface area contributed by atoms with Gasteiger partial charge in [0.2, 0.25) is 0 Å². The molecule has 2 rings (SSSR count). The van der Waals surface area contributed by atoms with E-state index >= 15 is 0 Å². The number of anilines is 1. The molecule has 5 heteroatoms. The number of benzene rings is 1. The summed E-state index contributed by atoms with van der Waals surface area (Å²) in [6.45, 7) is 5.77. The third-order valence-electron chi connectivity index (χ3n) is 3.03. The number of hydrogen-bond acceptors (Lipinski definition) is 2. The summed E-state index contributed by atoms with van der Waals surface area (Å²) in [5.41, 5.74) is 1.45. The van der Waals surface area contributed by atoms with Gasteiger partial charge in [-0.3, -0.25) is 4.79 Å². The molecule has 0 N–H and O–H groups in total. The molecule has 1 aromatic rings. The summed E-state index contributed by atoms with van der Waals surface area (Å²) < 4.78 is 0. The summed E-state index contributed by atoms with van der Waals surface area (Å²) in [7, 11) is 0. The molecule has 1 heterocycles. The van der Waals surface area contributed by atoms with Gasteiger partial charge in [0.05, 0.1) is 5.69 Å². The summed E-state index contributed by atoms with van der Waals surface area (Å²) in [6, 6.07) is 4.91. The Balaban J connectivity index is 2.36. The third kappa shape index (κ3) is 2.08. The number of carbonyl (C=O) groups excluding carboxylic acids is 2. The van der Waals surface area contributed by atoms with E-state index in [-0.39, 0.29) is 24.5 Å². The molecule has 0 bridgehead atoms. The Bertz CT molecular complexity index is 514. The van der Waals surface area contributed by atoms with Gasteiger partial charge in [0, 0.05) is 11.1 Å². The Morgan fingerprint density at radius 1 is 1.28 bits per heavy atom. The third-order valence-corrected chi connectivity index (χ3v) is 3.44. The molecule has 0 unspecified atom stereocenters. The molecule has 1 fully saturated rings. The van der Waals surface area contributed by atoms with Crippen LogP contribution in [0.4, 0.5) is 10.5 Å². The molecule has 4 nitrogen and oxygen atoms in total. The maximum Gasteiger partial charge on any atom is 0.332 e. The van der Waals surface area contributed by atoms with Crippen molar-refractivity contribution in [1.29, 1.82) is 0 Å². The minimum atomic E-state index is -0.282. The van der Waals surface area contributed by atoms with Crippen LogP contribution < -0.4 is 4.90 Å². The van der Waals surface area contributed by atoms with E-state index in [9.17, 15) is 9.59 Å². The smallest absolute Gasteiger partial charge is 0.312 e. The maximum atomic E-state index is 12.1. The van der Waals surface area contributed by atoms with Crippen LogP contribution in [0.3, 0.4) is 0 Å². The SMILES string of the molecule is Cc1ccc(N2C(=O)CN(C(C)C)C2=O)cc1Cl. The van der Waals surface area contributed by atoms with E-state index in [4.69, 9.17) is 11.6 Å². The number of halogens is 1. The first-order valence-electron chi connectivity index (χ1n) is 5.81. The molecule has 3 amide bonds. The topological polar surface area (TPSA) is 40.6 Å². The molecule has 1 aliphatic rings. The molecule has 0 aliphatic carbocycles. The van der Waals surface area contributed by atoms with Gasteiger partial charge in [-0.2, -0.15) is 0 Å². The van der Waals surface area contributed by atoms with Crippen molar-refractivity contribution < 1.29 is 9.59 Å². The average Bonchev–Trinajstić information content (AvgIpc) is 2.59. The highest BCUT2D eigenvalue weighted by Gasteiger charge is 2.38. The van der Waals surface area contributed by atoms with Crippen LogP contribution in [0.15, 0.2) is 18.2 Å². The second-order valence-corrected chi connectivity index (χ2v) is 5.07. The molecular weight excluding hydrogens is 252 g/mol. The van der Waals surface area contributed by atoms with Crippen LogP contribution in [0, 0.1) is 6.92 Å². The van der Waals surface area contributed by atoms with Crippen molar-refractivity contribution >= 4 is 29.2 Å². The molecule has 0 spiro atoms. The number of hydrogen-bond donors (Lipinski definition) is 0. The first-order chi connectivity index (χ1) is 8.41. The summed E-state index contributed by atoms with van der Waals surface area (Å²) in [6.07, 6.45) is 0. The first-order valence-corrected chi connectivity index (χ1v) is 6.19. The number of aryl methyl sites for hydroxylation is 1. The number of rotatable bonds is 2. The van der Waals surface area contributed by atoms with Gasteiger partial charge < -0.3 is 4.90 Å². The fraction of sp³-hybridized carbons (Fsp3) is 0.385. The summed E-state index contributed by atoms with van der Waals surface area (Å²) >= 11 is 6.02. The fourth-order valence-electron chi connectivity index (χ4n) is 1.90. The molecule has 96 valence electrons. The van der Waals surface area contributed by atoms with Crippen molar-refractivity contribution in [3.63, 3.8) is 0 Å². The fourth-order valence-corrected chi connectivity index (χ4v) is 2.07. The van der Waals surface area contributed by atoms with Crippen molar-refractivity contribution in [2.24, 2.45) is 0 Å². The molecule has 0 radical (unpaired) electrons. The van der Waals surface area contributed by atoms with E-state index < -0.39 is 0 Å². The lowest BCUT2D eigenvalue weighted by Gasteiger charge is -2.20. The van der Waals surface area contributed by atoms with Gasteiger partial charge >= 0.3 is 6.03 Å². The van der Waals surface area contributed by atoms with Crippen molar-refractivity contribution in [2.45, 2.75) is 26.8 Å². The van der Waals surface area contributed by atoms with Crippen LogP contribution in [0.2, 0.25) is 5.02 Å². The van der Waals surface area contributed by atoms with Crippen molar-refractivity contribution in [1.82, 2.24) is 4.90 Å². The molecular formula is C13H15ClN2O2. The Kier molecular flexibility index (Phi) is 3.30. The summed E-state index contributed by atoms with van der Waals surface area (Å²) in [4.78, 5) is 26.8. The van der Waals surface area contributed by atoms with Crippen molar-refractivity contribution in [3.8, 4) is 0 Å². The number of imide groups is 1. The Hall–Kier alpha value is -1.55. The molecule has 0 aromatic heterocycles. The van der Waals surface area contributed by atoms with Gasteiger partial charge in [-0.15, -0.1) is 0 Å². The van der Waals surface area contributed by atoms with Crippen LogP contribution in [0.1, 0.15) is 19.4 Å². The van der Waals surface area contributed by atoms with Crippen LogP contribution >= 0.6 is 11.6 Å². The van der Waals surface area contributed by atoms with E-state index in [2.05, 4.69) is 0 Å². The summed E-state index contributed by atoms with van der Waals surface area (Å²) in [5.74, 6) is -0.214. The highest BCUT2D eigenvalue weighted by molar-refractivity contribution is 6.32. The van der Waals surface area contributed by atoms with E-state index in [1.54, 1.807) is 18.2 Å². The lowest BCUT2D eigenvalue weighted by atomic mass is 10.2. The molecule has 1 aliphatic heterocycles. The number of urea groups is 1. The lowest BCUT2D eigenvalue weighted by Crippen LogP contribution is -2.36. The Morgan fingerprint density at radius 3 is 2.44 bits per heavy atom. The summed E-state index contributed by atoms with van der Waals surface area (Å²) in [5, 5.41) is 0.552. The Labute approximate surface area is 111 Å². The van der Waals surface area contributed by atoms with Gasteiger partial charge in [-0.1, -0.05) is 17.7 Å². The van der Waals surface area contributed by atoms with Crippen LogP contribution in [-0.4, -0.2) is 29.4 Å². The zero-order valence-electron chi connectivity index (χ0n) is 10.6. The van der Waals surface area contributed by atoms with Gasteiger partial charge in [-0.05, 0) is 38.5 Å². The molecule has 1 saturated heterocycles. The van der Waals surface area contributed by atoms with E-state index in [0.29, 0.717) is 10.7 Å². The minimum Gasteiger partial charge on any atom is -0.312 e. The molecule has 1 aromatic carbocycles. The zero-order chi connectivity index (χ0) is 13.4.